The van der Waals surface area contributed by atoms with Crippen molar-refractivity contribution < 1.29 is 0 Å². The molecule has 1 N–H and O–H groups in total. The topological polar surface area (TPSA) is 33.1 Å². The maximum absolute atomic E-state index is 4.72. The van der Waals surface area contributed by atoms with Gasteiger partial charge in [-0.3, -0.25) is 9.58 Å². The molecule has 0 bridgehead atoms. The number of fused-ring (bicyclic) bond motifs is 1. The fourth-order valence-electron chi connectivity index (χ4n) is 3.08. The van der Waals surface area contributed by atoms with Crippen molar-refractivity contribution in [3.05, 3.63) is 30.0 Å². The van der Waals surface area contributed by atoms with Crippen LogP contribution in [0, 0.1) is 0 Å². The molecule has 2 aromatic rings. The standard InChI is InChI=1S/C16H24N4/c1-12-9-17-16(2,3)11-20(12)10-14-13-7-5-6-8-15(13)19(4)18-14/h5-8,12,17H,9-11H2,1-4H3. The normalized spacial score (nSPS) is 23.3. The van der Waals surface area contributed by atoms with Crippen LogP contribution in [-0.4, -0.2) is 39.4 Å². The van der Waals surface area contributed by atoms with E-state index in [1.807, 2.05) is 11.7 Å². The molecule has 0 spiro atoms. The molecule has 2 heterocycles. The minimum absolute atomic E-state index is 0.178. The molecule has 1 aromatic heterocycles. The van der Waals surface area contributed by atoms with Gasteiger partial charge in [0.1, 0.15) is 0 Å². The fourth-order valence-corrected chi connectivity index (χ4v) is 3.08. The number of hydrogen-bond acceptors (Lipinski definition) is 3. The number of piperazine rings is 1. The zero-order valence-electron chi connectivity index (χ0n) is 12.8. The molecule has 108 valence electrons. The van der Waals surface area contributed by atoms with E-state index in [4.69, 9.17) is 5.10 Å². The van der Waals surface area contributed by atoms with Crippen LogP contribution in [0.2, 0.25) is 0 Å². The van der Waals surface area contributed by atoms with Crippen molar-refractivity contribution in [1.82, 2.24) is 20.0 Å². The van der Waals surface area contributed by atoms with E-state index in [0.717, 1.165) is 19.6 Å². The van der Waals surface area contributed by atoms with E-state index in [-0.39, 0.29) is 5.54 Å². The van der Waals surface area contributed by atoms with Gasteiger partial charge in [-0.2, -0.15) is 5.10 Å². The molecule has 0 amide bonds. The summed E-state index contributed by atoms with van der Waals surface area (Å²) < 4.78 is 1.99. The zero-order valence-corrected chi connectivity index (χ0v) is 12.8. The molecule has 1 saturated heterocycles. The summed E-state index contributed by atoms with van der Waals surface area (Å²) in [7, 11) is 2.02. The summed E-state index contributed by atoms with van der Waals surface area (Å²) in [4.78, 5) is 2.53. The average molecular weight is 272 g/mol. The molecule has 0 saturated carbocycles. The monoisotopic (exact) mass is 272 g/mol. The Morgan fingerprint density at radius 3 is 2.90 bits per heavy atom. The second kappa shape index (κ2) is 4.86. The van der Waals surface area contributed by atoms with E-state index in [2.05, 4.69) is 55.3 Å². The van der Waals surface area contributed by atoms with E-state index >= 15 is 0 Å². The maximum Gasteiger partial charge on any atom is 0.0843 e. The molecule has 1 atom stereocenters. The van der Waals surface area contributed by atoms with Crippen molar-refractivity contribution >= 4 is 10.9 Å². The quantitative estimate of drug-likeness (QED) is 0.909. The highest BCUT2D eigenvalue weighted by Crippen LogP contribution is 2.22. The van der Waals surface area contributed by atoms with Crippen LogP contribution in [0.5, 0.6) is 0 Å². The lowest BCUT2D eigenvalue weighted by atomic mass is 9.99. The molecule has 20 heavy (non-hydrogen) atoms. The van der Waals surface area contributed by atoms with Gasteiger partial charge in [-0.1, -0.05) is 18.2 Å². The molecule has 1 aliphatic rings. The van der Waals surface area contributed by atoms with Gasteiger partial charge in [0, 0.05) is 43.6 Å². The Labute approximate surface area is 120 Å². The Kier molecular flexibility index (Phi) is 3.30. The average Bonchev–Trinajstić information content (AvgIpc) is 2.72. The van der Waals surface area contributed by atoms with Gasteiger partial charge in [0.25, 0.3) is 0 Å². The molecule has 4 nitrogen and oxygen atoms in total. The molecular formula is C16H24N4. The highest BCUT2D eigenvalue weighted by atomic mass is 15.3. The first-order valence-corrected chi connectivity index (χ1v) is 7.36. The third kappa shape index (κ3) is 2.45. The van der Waals surface area contributed by atoms with Crippen molar-refractivity contribution in [2.75, 3.05) is 13.1 Å². The van der Waals surface area contributed by atoms with Crippen LogP contribution < -0.4 is 5.32 Å². The first-order valence-electron chi connectivity index (χ1n) is 7.36. The predicted octanol–water partition coefficient (Wildman–Crippen LogP) is 2.15. The fraction of sp³-hybridized carbons (Fsp3) is 0.562. The van der Waals surface area contributed by atoms with Gasteiger partial charge >= 0.3 is 0 Å². The van der Waals surface area contributed by atoms with E-state index in [9.17, 15) is 0 Å². The predicted molar refractivity (Wildman–Crippen MR) is 82.7 cm³/mol. The number of rotatable bonds is 2. The Hall–Kier alpha value is -1.39. The van der Waals surface area contributed by atoms with Crippen LogP contribution in [-0.2, 0) is 13.6 Å². The van der Waals surface area contributed by atoms with Crippen molar-refractivity contribution in [1.29, 1.82) is 0 Å². The third-order valence-corrected chi connectivity index (χ3v) is 4.28. The van der Waals surface area contributed by atoms with E-state index in [1.165, 1.54) is 16.6 Å². The molecule has 3 rings (SSSR count). The van der Waals surface area contributed by atoms with Gasteiger partial charge < -0.3 is 5.32 Å². The van der Waals surface area contributed by atoms with Crippen molar-refractivity contribution in [3.63, 3.8) is 0 Å². The molecule has 1 unspecified atom stereocenters. The Balaban J connectivity index is 1.89. The Morgan fingerprint density at radius 2 is 2.10 bits per heavy atom. The molecule has 0 radical (unpaired) electrons. The summed E-state index contributed by atoms with van der Waals surface area (Å²) in [6, 6.07) is 9.03. The number of aryl methyl sites for hydroxylation is 1. The van der Waals surface area contributed by atoms with Gasteiger partial charge in [-0.25, -0.2) is 0 Å². The minimum atomic E-state index is 0.178. The van der Waals surface area contributed by atoms with E-state index in [1.54, 1.807) is 0 Å². The summed E-state index contributed by atoms with van der Waals surface area (Å²) in [5.74, 6) is 0. The molecular weight excluding hydrogens is 248 g/mol. The highest BCUT2D eigenvalue weighted by molar-refractivity contribution is 5.81. The highest BCUT2D eigenvalue weighted by Gasteiger charge is 2.30. The summed E-state index contributed by atoms with van der Waals surface area (Å²) >= 11 is 0. The second-order valence-electron chi connectivity index (χ2n) is 6.61. The zero-order chi connectivity index (χ0) is 14.3. The third-order valence-electron chi connectivity index (χ3n) is 4.28. The summed E-state index contributed by atoms with van der Waals surface area (Å²) in [5, 5.41) is 9.60. The van der Waals surface area contributed by atoms with E-state index < -0.39 is 0 Å². The van der Waals surface area contributed by atoms with Gasteiger partial charge in [0.15, 0.2) is 0 Å². The van der Waals surface area contributed by atoms with Gasteiger partial charge in [-0.05, 0) is 26.8 Å². The van der Waals surface area contributed by atoms with Crippen LogP contribution in [0.4, 0.5) is 0 Å². The van der Waals surface area contributed by atoms with Crippen molar-refractivity contribution in [2.24, 2.45) is 7.05 Å². The molecule has 1 aromatic carbocycles. The number of para-hydroxylation sites is 1. The van der Waals surface area contributed by atoms with Gasteiger partial charge in [-0.15, -0.1) is 0 Å². The van der Waals surface area contributed by atoms with Crippen LogP contribution >= 0.6 is 0 Å². The number of benzene rings is 1. The summed E-state index contributed by atoms with van der Waals surface area (Å²) in [6.45, 7) is 9.84. The van der Waals surface area contributed by atoms with Gasteiger partial charge in [0.05, 0.1) is 11.2 Å². The SMILES string of the molecule is CC1CNC(C)(C)CN1Cc1nn(C)c2ccccc12. The van der Waals surface area contributed by atoms with Crippen molar-refractivity contribution in [3.8, 4) is 0 Å². The largest absolute Gasteiger partial charge is 0.309 e. The van der Waals surface area contributed by atoms with Crippen LogP contribution in [0.25, 0.3) is 10.9 Å². The maximum atomic E-state index is 4.72. The number of hydrogen-bond donors (Lipinski definition) is 1. The lowest BCUT2D eigenvalue weighted by Gasteiger charge is -2.43. The molecule has 4 heteroatoms. The van der Waals surface area contributed by atoms with Crippen LogP contribution in [0.1, 0.15) is 26.5 Å². The molecule has 1 aliphatic heterocycles. The number of nitrogens with one attached hydrogen (secondary N) is 1. The Morgan fingerprint density at radius 1 is 1.35 bits per heavy atom. The smallest absolute Gasteiger partial charge is 0.0843 e. The first kappa shape index (κ1) is 13.6. The minimum Gasteiger partial charge on any atom is -0.309 e. The summed E-state index contributed by atoms with van der Waals surface area (Å²) in [6.07, 6.45) is 0. The molecule has 0 aliphatic carbocycles. The van der Waals surface area contributed by atoms with Crippen LogP contribution in [0.15, 0.2) is 24.3 Å². The lowest BCUT2D eigenvalue weighted by molar-refractivity contribution is 0.0967. The van der Waals surface area contributed by atoms with Gasteiger partial charge in [0.2, 0.25) is 0 Å². The van der Waals surface area contributed by atoms with Crippen molar-refractivity contribution in [2.45, 2.75) is 38.9 Å². The Bertz CT molecular complexity index is 614. The molecule has 1 fully saturated rings. The number of aromatic nitrogens is 2. The first-order chi connectivity index (χ1) is 9.46. The summed E-state index contributed by atoms with van der Waals surface area (Å²) in [5.41, 5.74) is 2.58. The van der Waals surface area contributed by atoms with Crippen LogP contribution in [0.3, 0.4) is 0 Å². The second-order valence-corrected chi connectivity index (χ2v) is 6.61. The lowest BCUT2D eigenvalue weighted by Crippen LogP contribution is -2.60. The van der Waals surface area contributed by atoms with E-state index in [0.29, 0.717) is 6.04 Å². The number of nitrogens with zero attached hydrogens (tertiary/aromatic N) is 3.